The highest BCUT2D eigenvalue weighted by atomic mass is 16.3. The number of carbonyl (C=O) groups is 1. The molecule has 0 unspecified atom stereocenters. The molecular weight excluding hydrogens is 368 g/mol. The summed E-state index contributed by atoms with van der Waals surface area (Å²) >= 11 is 0. The zero-order valence-electron chi connectivity index (χ0n) is 17.5. The van der Waals surface area contributed by atoms with Crippen molar-refractivity contribution in [1.29, 1.82) is 0 Å². The number of hydrogen-bond donors (Lipinski definition) is 1. The Balaban J connectivity index is 1.38. The molecule has 1 N–H and O–H groups in total. The predicted octanol–water partition coefficient (Wildman–Crippen LogP) is 6.95. The summed E-state index contributed by atoms with van der Waals surface area (Å²) in [7, 11) is 0. The Hall–Kier alpha value is -2.61. The summed E-state index contributed by atoms with van der Waals surface area (Å²) in [5, 5.41) is 13.0. The van der Waals surface area contributed by atoms with Crippen LogP contribution in [0.3, 0.4) is 0 Å². The van der Waals surface area contributed by atoms with Gasteiger partial charge in [0.2, 0.25) is 0 Å². The maximum Gasteiger partial charge on any atom is 0.159 e. The molecule has 0 spiro atoms. The first-order valence-corrected chi connectivity index (χ1v) is 11.4. The Kier molecular flexibility index (Phi) is 4.06. The quantitative estimate of drug-likeness (QED) is 0.486. The second-order valence-corrected chi connectivity index (χ2v) is 10.1. The van der Waals surface area contributed by atoms with Crippen molar-refractivity contribution in [3.8, 4) is 16.9 Å². The predicted molar refractivity (Wildman–Crippen MR) is 121 cm³/mol. The van der Waals surface area contributed by atoms with Gasteiger partial charge in [0.1, 0.15) is 5.75 Å². The molecular formula is C28H28O2. The average molecular weight is 397 g/mol. The van der Waals surface area contributed by atoms with Crippen LogP contribution in [-0.4, -0.2) is 10.9 Å². The van der Waals surface area contributed by atoms with Crippen molar-refractivity contribution in [1.82, 2.24) is 0 Å². The highest BCUT2D eigenvalue weighted by molar-refractivity contribution is 5.99. The molecule has 152 valence electrons. The molecule has 4 bridgehead atoms. The Morgan fingerprint density at radius 2 is 1.37 bits per heavy atom. The summed E-state index contributed by atoms with van der Waals surface area (Å²) in [6.45, 7) is 1.61. The zero-order chi connectivity index (χ0) is 20.4. The van der Waals surface area contributed by atoms with E-state index in [9.17, 15) is 9.90 Å². The van der Waals surface area contributed by atoms with Gasteiger partial charge in [-0.3, -0.25) is 4.79 Å². The first-order valence-electron chi connectivity index (χ1n) is 11.4. The van der Waals surface area contributed by atoms with E-state index in [1.165, 1.54) is 48.8 Å². The van der Waals surface area contributed by atoms with Crippen molar-refractivity contribution < 1.29 is 9.90 Å². The van der Waals surface area contributed by atoms with Gasteiger partial charge in [-0.25, -0.2) is 0 Å². The van der Waals surface area contributed by atoms with E-state index >= 15 is 0 Å². The normalized spacial score (nSPS) is 29.4. The van der Waals surface area contributed by atoms with Gasteiger partial charge in [-0.05, 0) is 120 Å². The van der Waals surface area contributed by atoms with Crippen LogP contribution in [0.15, 0.2) is 54.6 Å². The SMILES string of the molecule is CC(=O)c1ccc2cc(-c3ccc(O)c(C4C5CC6CC(C5)CC4C6)c3)ccc2c1. The fourth-order valence-corrected chi connectivity index (χ4v) is 7.08. The van der Waals surface area contributed by atoms with Gasteiger partial charge >= 0.3 is 0 Å². The molecule has 0 amide bonds. The van der Waals surface area contributed by atoms with E-state index < -0.39 is 0 Å². The number of benzene rings is 3. The number of ketones is 1. The molecule has 3 aromatic carbocycles. The van der Waals surface area contributed by atoms with Crippen LogP contribution in [-0.2, 0) is 0 Å². The molecule has 0 atom stereocenters. The van der Waals surface area contributed by atoms with Gasteiger partial charge in [-0.1, -0.05) is 30.3 Å². The molecule has 4 aliphatic rings. The van der Waals surface area contributed by atoms with Gasteiger partial charge in [0.15, 0.2) is 5.78 Å². The minimum atomic E-state index is 0.0971. The lowest BCUT2D eigenvalue weighted by Gasteiger charge is -2.54. The Morgan fingerprint density at radius 1 is 0.767 bits per heavy atom. The lowest BCUT2D eigenvalue weighted by molar-refractivity contribution is -0.00345. The lowest BCUT2D eigenvalue weighted by atomic mass is 9.50. The van der Waals surface area contributed by atoms with Crippen molar-refractivity contribution in [2.24, 2.45) is 23.7 Å². The lowest BCUT2D eigenvalue weighted by Crippen LogP contribution is -2.43. The third kappa shape index (κ3) is 2.88. The maximum atomic E-state index is 11.7. The summed E-state index contributed by atoms with van der Waals surface area (Å²) in [6, 6.07) is 18.6. The molecule has 0 saturated heterocycles. The van der Waals surface area contributed by atoms with E-state index in [1.54, 1.807) is 6.92 Å². The van der Waals surface area contributed by atoms with Gasteiger partial charge < -0.3 is 5.11 Å². The molecule has 2 nitrogen and oxygen atoms in total. The molecule has 4 saturated carbocycles. The van der Waals surface area contributed by atoms with E-state index in [0.29, 0.717) is 11.7 Å². The standard InChI is InChI=1S/C28H28O2/c1-16(29)19-2-3-21-14-22(5-4-20(21)13-19)23-6-7-27(30)26(15-23)28-24-9-17-8-18(11-24)12-25(28)10-17/h2-7,13-15,17-18,24-25,28,30H,8-12H2,1H3. The summed E-state index contributed by atoms with van der Waals surface area (Å²) in [5.41, 5.74) is 4.27. The molecule has 4 fully saturated rings. The fourth-order valence-electron chi connectivity index (χ4n) is 7.08. The van der Waals surface area contributed by atoms with Crippen LogP contribution in [0.5, 0.6) is 5.75 Å². The molecule has 0 aliphatic heterocycles. The van der Waals surface area contributed by atoms with Crippen LogP contribution in [0.25, 0.3) is 21.9 Å². The third-order valence-corrected chi connectivity index (χ3v) is 8.19. The van der Waals surface area contributed by atoms with E-state index in [2.05, 4.69) is 24.3 Å². The minimum absolute atomic E-state index is 0.0971. The van der Waals surface area contributed by atoms with Crippen molar-refractivity contribution in [3.63, 3.8) is 0 Å². The van der Waals surface area contributed by atoms with E-state index in [-0.39, 0.29) is 5.78 Å². The Labute approximate surface area is 177 Å². The second-order valence-electron chi connectivity index (χ2n) is 10.1. The largest absolute Gasteiger partial charge is 0.508 e. The van der Waals surface area contributed by atoms with Crippen LogP contribution in [0.4, 0.5) is 0 Å². The molecule has 2 heteroatoms. The molecule has 30 heavy (non-hydrogen) atoms. The highest BCUT2D eigenvalue weighted by Crippen LogP contribution is 2.60. The van der Waals surface area contributed by atoms with E-state index in [0.717, 1.165) is 40.0 Å². The molecule has 3 aromatic rings. The van der Waals surface area contributed by atoms with Gasteiger partial charge in [-0.2, -0.15) is 0 Å². The van der Waals surface area contributed by atoms with Crippen LogP contribution in [0, 0.1) is 23.7 Å². The van der Waals surface area contributed by atoms with E-state index in [1.807, 2.05) is 30.3 Å². The van der Waals surface area contributed by atoms with Crippen LogP contribution < -0.4 is 0 Å². The Bertz CT molecular complexity index is 1130. The number of phenols is 1. The van der Waals surface area contributed by atoms with Crippen LogP contribution in [0.2, 0.25) is 0 Å². The number of fused-ring (bicyclic) bond motifs is 1. The second kappa shape index (κ2) is 6.70. The first kappa shape index (κ1) is 18.2. The van der Waals surface area contributed by atoms with E-state index in [4.69, 9.17) is 0 Å². The number of Topliss-reactive ketones (excluding diaryl/α,β-unsaturated/α-hetero) is 1. The molecule has 0 heterocycles. The molecule has 7 rings (SSSR count). The number of rotatable bonds is 3. The number of aromatic hydroxyl groups is 1. The monoisotopic (exact) mass is 396 g/mol. The molecule has 0 aromatic heterocycles. The zero-order valence-corrected chi connectivity index (χ0v) is 17.5. The third-order valence-electron chi connectivity index (χ3n) is 8.19. The number of hydrogen-bond acceptors (Lipinski definition) is 2. The van der Waals surface area contributed by atoms with Gasteiger partial charge in [0, 0.05) is 5.56 Å². The van der Waals surface area contributed by atoms with Crippen molar-refractivity contribution in [3.05, 3.63) is 65.7 Å². The molecule has 0 radical (unpaired) electrons. The van der Waals surface area contributed by atoms with Crippen LogP contribution in [0.1, 0.15) is 60.9 Å². The maximum absolute atomic E-state index is 11.7. The first-order chi connectivity index (χ1) is 14.5. The number of phenolic OH excluding ortho intramolecular Hbond substituents is 1. The van der Waals surface area contributed by atoms with Crippen molar-refractivity contribution in [2.75, 3.05) is 0 Å². The summed E-state index contributed by atoms with van der Waals surface area (Å²) in [6.07, 6.45) is 6.88. The average Bonchev–Trinajstić information content (AvgIpc) is 2.73. The Morgan fingerprint density at radius 3 is 2.07 bits per heavy atom. The smallest absolute Gasteiger partial charge is 0.159 e. The summed E-state index contributed by atoms with van der Waals surface area (Å²) in [4.78, 5) is 11.7. The topological polar surface area (TPSA) is 37.3 Å². The van der Waals surface area contributed by atoms with Gasteiger partial charge in [0.25, 0.3) is 0 Å². The minimum Gasteiger partial charge on any atom is -0.508 e. The van der Waals surface area contributed by atoms with Crippen molar-refractivity contribution in [2.45, 2.75) is 44.9 Å². The fraction of sp³-hybridized carbons (Fsp3) is 0.393. The van der Waals surface area contributed by atoms with Gasteiger partial charge in [0.05, 0.1) is 0 Å². The number of carbonyl (C=O) groups excluding carboxylic acids is 1. The van der Waals surface area contributed by atoms with Crippen LogP contribution >= 0.6 is 0 Å². The summed E-state index contributed by atoms with van der Waals surface area (Å²) in [5.74, 6) is 4.48. The summed E-state index contributed by atoms with van der Waals surface area (Å²) < 4.78 is 0. The molecule has 4 aliphatic carbocycles. The highest BCUT2D eigenvalue weighted by Gasteiger charge is 2.49. The van der Waals surface area contributed by atoms with Gasteiger partial charge in [-0.15, -0.1) is 0 Å². The van der Waals surface area contributed by atoms with Crippen molar-refractivity contribution >= 4 is 16.6 Å².